The SMILES string of the molecule is CCC(O)CNC(C)CCCO. The van der Waals surface area contributed by atoms with Gasteiger partial charge in [-0.3, -0.25) is 0 Å². The highest BCUT2D eigenvalue weighted by Gasteiger charge is 2.03. The Labute approximate surface area is 74.8 Å². The third-order valence-electron chi connectivity index (χ3n) is 1.97. The lowest BCUT2D eigenvalue weighted by atomic mass is 10.2. The van der Waals surface area contributed by atoms with E-state index in [9.17, 15) is 5.11 Å². The number of nitrogens with one attached hydrogen (secondary N) is 1. The van der Waals surface area contributed by atoms with Crippen molar-refractivity contribution in [3.8, 4) is 0 Å². The molecule has 0 rings (SSSR count). The van der Waals surface area contributed by atoms with Gasteiger partial charge in [0.25, 0.3) is 0 Å². The molecule has 0 aliphatic carbocycles. The maximum absolute atomic E-state index is 9.22. The van der Waals surface area contributed by atoms with Crippen molar-refractivity contribution in [2.45, 2.75) is 45.3 Å². The number of aliphatic hydroxyl groups is 2. The van der Waals surface area contributed by atoms with Gasteiger partial charge in [-0.2, -0.15) is 0 Å². The molecule has 2 unspecified atom stereocenters. The van der Waals surface area contributed by atoms with E-state index in [0.29, 0.717) is 12.6 Å². The van der Waals surface area contributed by atoms with E-state index in [1.165, 1.54) is 0 Å². The minimum atomic E-state index is -0.235. The summed E-state index contributed by atoms with van der Waals surface area (Å²) in [5.74, 6) is 0. The first-order chi connectivity index (χ1) is 5.70. The molecule has 0 aliphatic rings. The van der Waals surface area contributed by atoms with Crippen LogP contribution >= 0.6 is 0 Å². The maximum atomic E-state index is 9.22. The summed E-state index contributed by atoms with van der Waals surface area (Å²) in [7, 11) is 0. The van der Waals surface area contributed by atoms with Crippen molar-refractivity contribution >= 4 is 0 Å². The second kappa shape index (κ2) is 7.53. The van der Waals surface area contributed by atoms with Crippen LogP contribution in [0, 0.1) is 0 Å². The molecular weight excluding hydrogens is 154 g/mol. The zero-order chi connectivity index (χ0) is 9.40. The van der Waals surface area contributed by atoms with Gasteiger partial charge in [0.2, 0.25) is 0 Å². The van der Waals surface area contributed by atoms with Gasteiger partial charge in [-0.25, -0.2) is 0 Å². The Hall–Kier alpha value is -0.120. The fourth-order valence-corrected chi connectivity index (χ4v) is 0.981. The van der Waals surface area contributed by atoms with Crippen LogP contribution in [-0.2, 0) is 0 Å². The molecule has 0 saturated heterocycles. The molecule has 0 saturated carbocycles. The molecule has 0 heterocycles. The fourth-order valence-electron chi connectivity index (χ4n) is 0.981. The summed E-state index contributed by atoms with van der Waals surface area (Å²) in [5, 5.41) is 21.0. The van der Waals surface area contributed by atoms with Crippen molar-refractivity contribution in [2.75, 3.05) is 13.2 Å². The Bertz CT molecular complexity index is 98.5. The summed E-state index contributed by atoms with van der Waals surface area (Å²) in [6, 6.07) is 0.387. The third-order valence-corrected chi connectivity index (χ3v) is 1.97. The zero-order valence-corrected chi connectivity index (χ0v) is 8.08. The monoisotopic (exact) mass is 175 g/mol. The molecule has 12 heavy (non-hydrogen) atoms. The van der Waals surface area contributed by atoms with Gasteiger partial charge in [0.05, 0.1) is 6.10 Å². The first-order valence-corrected chi connectivity index (χ1v) is 4.73. The minimum absolute atomic E-state index is 0.235. The fraction of sp³-hybridized carbons (Fsp3) is 1.00. The van der Waals surface area contributed by atoms with Gasteiger partial charge in [0.1, 0.15) is 0 Å². The Morgan fingerprint density at radius 2 is 2.08 bits per heavy atom. The van der Waals surface area contributed by atoms with E-state index in [1.54, 1.807) is 0 Å². The molecule has 2 atom stereocenters. The van der Waals surface area contributed by atoms with Crippen LogP contribution in [-0.4, -0.2) is 35.5 Å². The van der Waals surface area contributed by atoms with Crippen LogP contribution in [0.25, 0.3) is 0 Å². The Balaban J connectivity index is 3.24. The largest absolute Gasteiger partial charge is 0.396 e. The minimum Gasteiger partial charge on any atom is -0.396 e. The van der Waals surface area contributed by atoms with E-state index in [-0.39, 0.29) is 12.7 Å². The summed E-state index contributed by atoms with van der Waals surface area (Å²) < 4.78 is 0. The predicted octanol–water partition coefficient (Wildman–Crippen LogP) is 0.508. The molecule has 3 heteroatoms. The van der Waals surface area contributed by atoms with Crippen molar-refractivity contribution in [2.24, 2.45) is 0 Å². The van der Waals surface area contributed by atoms with Gasteiger partial charge in [-0.05, 0) is 26.2 Å². The molecule has 0 amide bonds. The van der Waals surface area contributed by atoms with Crippen LogP contribution in [0.1, 0.15) is 33.1 Å². The first kappa shape index (κ1) is 11.9. The van der Waals surface area contributed by atoms with Crippen LogP contribution in [0.15, 0.2) is 0 Å². The molecular formula is C9H21NO2. The maximum Gasteiger partial charge on any atom is 0.0662 e. The average Bonchev–Trinajstić information content (AvgIpc) is 2.10. The van der Waals surface area contributed by atoms with Crippen molar-refractivity contribution in [1.82, 2.24) is 5.32 Å². The van der Waals surface area contributed by atoms with E-state index in [2.05, 4.69) is 12.2 Å². The van der Waals surface area contributed by atoms with Gasteiger partial charge in [0.15, 0.2) is 0 Å². The zero-order valence-electron chi connectivity index (χ0n) is 8.08. The second-order valence-corrected chi connectivity index (χ2v) is 3.24. The molecule has 3 N–H and O–H groups in total. The molecule has 74 valence electrons. The van der Waals surface area contributed by atoms with E-state index < -0.39 is 0 Å². The molecule has 0 aromatic rings. The van der Waals surface area contributed by atoms with Crippen LogP contribution < -0.4 is 5.32 Å². The number of rotatable bonds is 7. The van der Waals surface area contributed by atoms with Gasteiger partial charge in [-0.15, -0.1) is 0 Å². The van der Waals surface area contributed by atoms with E-state index in [4.69, 9.17) is 5.11 Å². The Morgan fingerprint density at radius 3 is 2.58 bits per heavy atom. The van der Waals surface area contributed by atoms with Crippen molar-refractivity contribution in [1.29, 1.82) is 0 Å². The lowest BCUT2D eigenvalue weighted by Gasteiger charge is -2.15. The summed E-state index contributed by atoms with van der Waals surface area (Å²) >= 11 is 0. The standard InChI is InChI=1S/C9H21NO2/c1-3-9(12)7-10-8(2)5-4-6-11/h8-12H,3-7H2,1-2H3. The van der Waals surface area contributed by atoms with Crippen LogP contribution in [0.4, 0.5) is 0 Å². The average molecular weight is 175 g/mol. The lowest BCUT2D eigenvalue weighted by Crippen LogP contribution is -2.33. The first-order valence-electron chi connectivity index (χ1n) is 4.73. The molecule has 0 bridgehead atoms. The van der Waals surface area contributed by atoms with Crippen LogP contribution in [0.3, 0.4) is 0 Å². The number of hydrogen-bond acceptors (Lipinski definition) is 3. The summed E-state index contributed by atoms with van der Waals surface area (Å²) in [6.45, 7) is 4.94. The van der Waals surface area contributed by atoms with Crippen molar-refractivity contribution < 1.29 is 10.2 Å². The van der Waals surface area contributed by atoms with Crippen molar-refractivity contribution in [3.63, 3.8) is 0 Å². The van der Waals surface area contributed by atoms with E-state index >= 15 is 0 Å². The molecule has 0 aromatic carbocycles. The Morgan fingerprint density at radius 1 is 1.42 bits per heavy atom. The van der Waals surface area contributed by atoms with Crippen LogP contribution in [0.5, 0.6) is 0 Å². The molecule has 0 spiro atoms. The molecule has 0 radical (unpaired) electrons. The molecule has 0 aromatic heterocycles. The predicted molar refractivity (Wildman–Crippen MR) is 50.1 cm³/mol. The smallest absolute Gasteiger partial charge is 0.0662 e. The topological polar surface area (TPSA) is 52.5 Å². The summed E-state index contributed by atoms with van der Waals surface area (Å²) in [6.07, 6.45) is 2.35. The highest BCUT2D eigenvalue weighted by Crippen LogP contribution is 1.96. The number of hydrogen-bond donors (Lipinski definition) is 3. The summed E-state index contributed by atoms with van der Waals surface area (Å²) in [4.78, 5) is 0. The molecule has 0 fully saturated rings. The van der Waals surface area contributed by atoms with Gasteiger partial charge < -0.3 is 15.5 Å². The molecule has 3 nitrogen and oxygen atoms in total. The Kier molecular flexibility index (Phi) is 7.45. The highest BCUT2D eigenvalue weighted by molar-refractivity contribution is 4.63. The quantitative estimate of drug-likeness (QED) is 0.528. The second-order valence-electron chi connectivity index (χ2n) is 3.24. The van der Waals surface area contributed by atoms with Gasteiger partial charge in [-0.1, -0.05) is 6.92 Å². The van der Waals surface area contributed by atoms with E-state index in [0.717, 1.165) is 19.3 Å². The van der Waals surface area contributed by atoms with E-state index in [1.807, 2.05) is 6.92 Å². The number of aliphatic hydroxyl groups excluding tert-OH is 2. The van der Waals surface area contributed by atoms with Gasteiger partial charge in [0, 0.05) is 19.2 Å². The van der Waals surface area contributed by atoms with Crippen LogP contribution in [0.2, 0.25) is 0 Å². The van der Waals surface area contributed by atoms with Gasteiger partial charge >= 0.3 is 0 Å². The lowest BCUT2D eigenvalue weighted by molar-refractivity contribution is 0.162. The normalized spacial score (nSPS) is 16.0. The highest BCUT2D eigenvalue weighted by atomic mass is 16.3. The molecule has 0 aliphatic heterocycles. The summed E-state index contributed by atoms with van der Waals surface area (Å²) in [5.41, 5.74) is 0. The van der Waals surface area contributed by atoms with Crippen molar-refractivity contribution in [3.05, 3.63) is 0 Å². The third kappa shape index (κ3) is 6.58.